The lowest BCUT2D eigenvalue weighted by atomic mass is 9.98. The van der Waals surface area contributed by atoms with E-state index in [9.17, 15) is 19.7 Å². The van der Waals surface area contributed by atoms with E-state index in [-0.39, 0.29) is 28.5 Å². The molecule has 160 valence electrons. The van der Waals surface area contributed by atoms with Gasteiger partial charge in [-0.1, -0.05) is 40.2 Å². The second-order valence-corrected chi connectivity index (χ2v) is 8.53. The third-order valence-electron chi connectivity index (χ3n) is 5.52. The molecule has 0 spiro atoms. The number of non-ortho nitro benzene ring substituents is 1. The van der Waals surface area contributed by atoms with Gasteiger partial charge in [-0.15, -0.1) is 0 Å². The molecule has 1 aromatic heterocycles. The molecule has 32 heavy (non-hydrogen) atoms. The standard InChI is InChI=1S/C23H16BrN3O5/c1-12-4-2-7-18(25-12)26-20(13-5-3-6-15(10-13)27(30)31)19-21(28)16-11-14(24)8-9-17(16)32-22(19)23(26)29/h2-12,20,25H,1H3/t12-,20-/m0/s1. The Labute approximate surface area is 190 Å². The molecule has 9 heteroatoms. The van der Waals surface area contributed by atoms with Crippen molar-refractivity contribution in [2.24, 2.45) is 0 Å². The predicted molar refractivity (Wildman–Crippen MR) is 121 cm³/mol. The second kappa shape index (κ2) is 7.45. The number of carbonyl (C=O) groups excluding carboxylic acids is 1. The van der Waals surface area contributed by atoms with Crippen LogP contribution in [0.15, 0.2) is 80.2 Å². The molecule has 3 heterocycles. The summed E-state index contributed by atoms with van der Waals surface area (Å²) in [5.41, 5.74) is 0.415. The first-order valence-electron chi connectivity index (χ1n) is 9.84. The molecule has 0 unspecified atom stereocenters. The molecule has 8 nitrogen and oxygen atoms in total. The Bertz CT molecular complexity index is 1420. The molecule has 2 atom stereocenters. The summed E-state index contributed by atoms with van der Waals surface area (Å²) in [6.07, 6.45) is 5.48. The van der Waals surface area contributed by atoms with Crippen LogP contribution in [0.3, 0.4) is 0 Å². The van der Waals surface area contributed by atoms with E-state index in [1.165, 1.54) is 17.0 Å². The minimum atomic E-state index is -0.880. The molecule has 0 fully saturated rings. The van der Waals surface area contributed by atoms with E-state index in [0.717, 1.165) is 0 Å². The van der Waals surface area contributed by atoms with Crippen molar-refractivity contribution >= 4 is 38.5 Å². The van der Waals surface area contributed by atoms with Crippen LogP contribution in [0.25, 0.3) is 11.0 Å². The molecule has 3 aromatic rings. The highest BCUT2D eigenvalue weighted by atomic mass is 79.9. The average Bonchev–Trinajstić information content (AvgIpc) is 3.07. The fourth-order valence-corrected chi connectivity index (χ4v) is 4.47. The normalized spacial score (nSPS) is 19.6. The van der Waals surface area contributed by atoms with Crippen LogP contribution >= 0.6 is 15.9 Å². The fourth-order valence-electron chi connectivity index (χ4n) is 4.11. The Morgan fingerprint density at radius 1 is 1.19 bits per heavy atom. The van der Waals surface area contributed by atoms with Gasteiger partial charge < -0.3 is 9.73 Å². The van der Waals surface area contributed by atoms with Crippen molar-refractivity contribution in [3.05, 3.63) is 108 Å². The van der Waals surface area contributed by atoms with Gasteiger partial charge in [0, 0.05) is 22.6 Å². The summed E-state index contributed by atoms with van der Waals surface area (Å²) < 4.78 is 6.61. The lowest BCUT2D eigenvalue weighted by Gasteiger charge is -2.30. The van der Waals surface area contributed by atoms with Gasteiger partial charge in [0.25, 0.3) is 11.6 Å². The molecular formula is C23H16BrN3O5. The summed E-state index contributed by atoms with van der Waals surface area (Å²) in [5.74, 6) is -0.0662. The molecule has 2 aliphatic rings. The predicted octanol–water partition coefficient (Wildman–Crippen LogP) is 4.40. The first kappa shape index (κ1) is 20.2. The van der Waals surface area contributed by atoms with E-state index in [0.29, 0.717) is 26.8 Å². The zero-order valence-corrected chi connectivity index (χ0v) is 18.3. The molecule has 5 rings (SSSR count). The number of hydrogen-bond donors (Lipinski definition) is 1. The second-order valence-electron chi connectivity index (χ2n) is 7.61. The Kier molecular flexibility index (Phi) is 4.70. The van der Waals surface area contributed by atoms with E-state index in [1.807, 2.05) is 19.1 Å². The maximum Gasteiger partial charge on any atom is 0.296 e. The smallest absolute Gasteiger partial charge is 0.296 e. The molecule has 2 aliphatic heterocycles. The Balaban J connectivity index is 1.80. The summed E-state index contributed by atoms with van der Waals surface area (Å²) in [6, 6.07) is 10.0. The number of carbonyl (C=O) groups is 1. The maximum atomic E-state index is 13.6. The number of rotatable bonds is 3. The molecule has 0 saturated heterocycles. The number of allylic oxidation sites excluding steroid dienone is 2. The van der Waals surface area contributed by atoms with Crippen molar-refractivity contribution in [3.8, 4) is 0 Å². The molecule has 0 radical (unpaired) electrons. The van der Waals surface area contributed by atoms with Crippen LogP contribution in [0.5, 0.6) is 0 Å². The number of nitro groups is 1. The van der Waals surface area contributed by atoms with Gasteiger partial charge in [0.2, 0.25) is 5.76 Å². The van der Waals surface area contributed by atoms with Crippen molar-refractivity contribution in [1.82, 2.24) is 10.2 Å². The Morgan fingerprint density at radius 3 is 2.75 bits per heavy atom. The lowest BCUT2D eigenvalue weighted by molar-refractivity contribution is -0.384. The highest BCUT2D eigenvalue weighted by molar-refractivity contribution is 9.10. The summed E-state index contributed by atoms with van der Waals surface area (Å²) in [7, 11) is 0. The van der Waals surface area contributed by atoms with Crippen LogP contribution in [0.4, 0.5) is 5.69 Å². The highest BCUT2D eigenvalue weighted by Crippen LogP contribution is 2.41. The number of nitrogens with zero attached hydrogens (tertiary/aromatic N) is 2. The summed E-state index contributed by atoms with van der Waals surface area (Å²) in [6.45, 7) is 1.93. The Morgan fingerprint density at radius 2 is 2.00 bits per heavy atom. The number of fused-ring (bicyclic) bond motifs is 2. The third-order valence-corrected chi connectivity index (χ3v) is 6.01. The van der Waals surface area contributed by atoms with Crippen molar-refractivity contribution < 1.29 is 14.1 Å². The largest absolute Gasteiger partial charge is 0.450 e. The fraction of sp³-hybridized carbons (Fsp3) is 0.130. The Hall–Kier alpha value is -3.72. The number of hydrogen-bond acceptors (Lipinski definition) is 6. The van der Waals surface area contributed by atoms with Crippen LogP contribution < -0.4 is 10.7 Å². The summed E-state index contributed by atoms with van der Waals surface area (Å²) in [4.78, 5) is 39.4. The number of benzene rings is 2. The van der Waals surface area contributed by atoms with Gasteiger partial charge in [-0.3, -0.25) is 24.6 Å². The molecular weight excluding hydrogens is 478 g/mol. The van der Waals surface area contributed by atoms with Gasteiger partial charge in [-0.25, -0.2) is 0 Å². The minimum Gasteiger partial charge on any atom is -0.450 e. The van der Waals surface area contributed by atoms with Crippen LogP contribution in [-0.2, 0) is 0 Å². The molecule has 2 aromatic carbocycles. The molecule has 0 aliphatic carbocycles. The average molecular weight is 494 g/mol. The molecule has 0 bridgehead atoms. The number of amides is 1. The zero-order chi connectivity index (χ0) is 22.6. The van der Waals surface area contributed by atoms with E-state index < -0.39 is 16.9 Å². The van der Waals surface area contributed by atoms with Gasteiger partial charge in [0.15, 0.2) is 5.43 Å². The first-order chi connectivity index (χ1) is 15.3. The van der Waals surface area contributed by atoms with Gasteiger partial charge in [-0.05, 0) is 36.8 Å². The van der Waals surface area contributed by atoms with Crippen LogP contribution in [0.1, 0.15) is 34.6 Å². The van der Waals surface area contributed by atoms with E-state index in [2.05, 4.69) is 21.2 Å². The minimum absolute atomic E-state index is 0.0454. The third kappa shape index (κ3) is 3.13. The van der Waals surface area contributed by atoms with Crippen LogP contribution in [-0.4, -0.2) is 21.8 Å². The summed E-state index contributed by atoms with van der Waals surface area (Å²) in [5, 5.41) is 14.9. The van der Waals surface area contributed by atoms with Crippen molar-refractivity contribution in [3.63, 3.8) is 0 Å². The van der Waals surface area contributed by atoms with Gasteiger partial charge in [0.1, 0.15) is 11.4 Å². The van der Waals surface area contributed by atoms with Crippen molar-refractivity contribution in [1.29, 1.82) is 0 Å². The topological polar surface area (TPSA) is 106 Å². The monoisotopic (exact) mass is 493 g/mol. The van der Waals surface area contributed by atoms with Crippen molar-refractivity contribution in [2.45, 2.75) is 19.0 Å². The van der Waals surface area contributed by atoms with E-state index in [4.69, 9.17) is 4.42 Å². The van der Waals surface area contributed by atoms with Gasteiger partial charge >= 0.3 is 0 Å². The van der Waals surface area contributed by atoms with Crippen LogP contribution in [0.2, 0.25) is 0 Å². The quantitative estimate of drug-likeness (QED) is 0.428. The maximum absolute atomic E-state index is 13.6. The number of halogens is 1. The molecule has 1 amide bonds. The first-order valence-corrected chi connectivity index (χ1v) is 10.6. The van der Waals surface area contributed by atoms with Gasteiger partial charge in [0.05, 0.1) is 21.9 Å². The van der Waals surface area contributed by atoms with E-state index in [1.54, 1.807) is 36.4 Å². The lowest BCUT2D eigenvalue weighted by Crippen LogP contribution is -2.39. The number of nitro benzene ring substituents is 1. The highest BCUT2D eigenvalue weighted by Gasteiger charge is 2.45. The molecule has 0 saturated carbocycles. The van der Waals surface area contributed by atoms with Crippen molar-refractivity contribution in [2.75, 3.05) is 0 Å². The van der Waals surface area contributed by atoms with Gasteiger partial charge in [-0.2, -0.15) is 0 Å². The number of nitrogens with one attached hydrogen (secondary N) is 1. The summed E-state index contributed by atoms with van der Waals surface area (Å²) >= 11 is 3.37. The number of dihydropyridines is 1. The van der Waals surface area contributed by atoms with Crippen LogP contribution in [0, 0.1) is 10.1 Å². The van der Waals surface area contributed by atoms with E-state index >= 15 is 0 Å². The zero-order valence-electron chi connectivity index (χ0n) is 16.7. The molecule has 1 N–H and O–H groups in total. The SMILES string of the molecule is C[C@H]1C=CC=C(N2C(=O)c3oc4ccc(Br)cc4c(=O)c3[C@@H]2c2cccc([N+](=O)[O-])c2)N1.